The van der Waals surface area contributed by atoms with Crippen LogP contribution in [0.4, 0.5) is 13.6 Å². The lowest BCUT2D eigenvalue weighted by molar-refractivity contribution is 0.00933. The summed E-state index contributed by atoms with van der Waals surface area (Å²) in [6, 6.07) is 1.86. The number of hydrogen-bond acceptors (Lipinski definition) is 4. The lowest BCUT2D eigenvalue weighted by atomic mass is 9.99. The summed E-state index contributed by atoms with van der Waals surface area (Å²) < 4.78 is 42.1. The largest absolute Gasteiger partial charge is 0.494 e. The number of amides is 1. The summed E-state index contributed by atoms with van der Waals surface area (Å²) in [5.41, 5.74) is 0.528. The Hall–Kier alpha value is -1.91. The van der Waals surface area contributed by atoms with Crippen molar-refractivity contribution in [2.24, 2.45) is 0 Å². The van der Waals surface area contributed by atoms with Gasteiger partial charge in [-0.05, 0) is 67.8 Å². The number of ether oxygens (including phenoxy) is 2. The van der Waals surface area contributed by atoms with Gasteiger partial charge in [0.1, 0.15) is 20.9 Å². The van der Waals surface area contributed by atoms with E-state index in [1.54, 1.807) is 4.90 Å². The van der Waals surface area contributed by atoms with Gasteiger partial charge in [0.25, 0.3) is 0 Å². The van der Waals surface area contributed by atoms with E-state index < -0.39 is 23.3 Å². The monoisotopic (exact) mass is 547 g/mol. The van der Waals surface area contributed by atoms with E-state index in [4.69, 9.17) is 9.47 Å². The number of aromatic nitrogens is 2. The molecule has 1 atom stereocenters. The summed E-state index contributed by atoms with van der Waals surface area (Å²) in [6.07, 6.45) is 1.01. The molecule has 0 N–H and O–H groups in total. The first-order valence-corrected chi connectivity index (χ1v) is 11.4. The van der Waals surface area contributed by atoms with Crippen LogP contribution in [0.1, 0.15) is 57.2 Å². The second-order valence-corrected chi connectivity index (χ2v) is 9.54. The third kappa shape index (κ3) is 5.12. The third-order valence-corrected chi connectivity index (χ3v) is 6.04. The Kier molecular flexibility index (Phi) is 7.12. The summed E-state index contributed by atoms with van der Waals surface area (Å²) in [6.45, 7) is 8.59. The second-order valence-electron chi connectivity index (χ2n) is 8.52. The predicted octanol–water partition coefficient (Wildman–Crippen LogP) is 5.26. The lowest BCUT2D eigenvalue weighted by Gasteiger charge is -2.38. The number of benzene rings is 1. The van der Waals surface area contributed by atoms with Crippen LogP contribution in [-0.4, -0.2) is 39.8 Å². The Morgan fingerprint density at radius 3 is 2.58 bits per heavy atom. The minimum Gasteiger partial charge on any atom is -0.494 e. The Morgan fingerprint density at radius 2 is 1.97 bits per heavy atom. The van der Waals surface area contributed by atoms with Crippen molar-refractivity contribution in [3.63, 3.8) is 0 Å². The SMILES string of the molecule is CCc1nc(I)c2n1CCN(C(=O)OC(C)(C)C)C2CCc1cc(F)c(OC)cc1F. The molecular formula is C22H28F2IN3O3. The van der Waals surface area contributed by atoms with Gasteiger partial charge in [-0.1, -0.05) is 6.92 Å². The van der Waals surface area contributed by atoms with Gasteiger partial charge in [-0.25, -0.2) is 18.6 Å². The maximum atomic E-state index is 14.5. The van der Waals surface area contributed by atoms with Gasteiger partial charge in [0.05, 0.1) is 18.8 Å². The molecule has 31 heavy (non-hydrogen) atoms. The van der Waals surface area contributed by atoms with Crippen molar-refractivity contribution < 1.29 is 23.0 Å². The Balaban J connectivity index is 1.93. The molecule has 170 valence electrons. The van der Waals surface area contributed by atoms with E-state index in [-0.39, 0.29) is 23.8 Å². The van der Waals surface area contributed by atoms with Crippen molar-refractivity contribution in [2.75, 3.05) is 13.7 Å². The maximum Gasteiger partial charge on any atom is 0.410 e. The topological polar surface area (TPSA) is 56.6 Å². The molecule has 2 aromatic rings. The molecule has 1 amide bonds. The number of halogens is 3. The van der Waals surface area contributed by atoms with Crippen LogP contribution in [-0.2, 0) is 24.1 Å². The minimum absolute atomic E-state index is 0.130. The molecule has 1 aromatic carbocycles. The molecule has 2 heterocycles. The zero-order chi connectivity index (χ0) is 22.9. The molecule has 9 heteroatoms. The smallest absolute Gasteiger partial charge is 0.410 e. The first-order valence-electron chi connectivity index (χ1n) is 10.3. The summed E-state index contributed by atoms with van der Waals surface area (Å²) in [5, 5.41) is 0. The van der Waals surface area contributed by atoms with Crippen LogP contribution >= 0.6 is 22.6 Å². The second kappa shape index (κ2) is 9.30. The highest BCUT2D eigenvalue weighted by atomic mass is 127. The van der Waals surface area contributed by atoms with Gasteiger partial charge in [-0.3, -0.25) is 4.90 Å². The van der Waals surface area contributed by atoms with Gasteiger partial charge in [-0.2, -0.15) is 0 Å². The van der Waals surface area contributed by atoms with Crippen molar-refractivity contribution in [3.05, 3.63) is 44.5 Å². The first-order chi connectivity index (χ1) is 14.6. The van der Waals surface area contributed by atoms with Crippen molar-refractivity contribution in [1.29, 1.82) is 0 Å². The van der Waals surface area contributed by atoms with Crippen LogP contribution in [0.2, 0.25) is 0 Å². The molecule has 0 radical (unpaired) electrons. The molecule has 0 aliphatic carbocycles. The average molecular weight is 547 g/mol. The van der Waals surface area contributed by atoms with Crippen LogP contribution < -0.4 is 4.74 Å². The molecule has 0 spiro atoms. The highest BCUT2D eigenvalue weighted by Crippen LogP contribution is 2.35. The van der Waals surface area contributed by atoms with E-state index in [2.05, 4.69) is 32.1 Å². The number of fused-ring (bicyclic) bond motifs is 1. The first kappa shape index (κ1) is 23.7. The van der Waals surface area contributed by atoms with Gasteiger partial charge < -0.3 is 14.0 Å². The van der Waals surface area contributed by atoms with Crippen LogP contribution in [0.15, 0.2) is 12.1 Å². The fourth-order valence-corrected chi connectivity index (χ4v) is 4.80. The summed E-state index contributed by atoms with van der Waals surface area (Å²) in [4.78, 5) is 19.3. The maximum absolute atomic E-state index is 14.5. The average Bonchev–Trinajstić information content (AvgIpc) is 3.02. The standard InChI is InChI=1S/C22H28F2IN3O3/c1-6-18-26-20(25)19-16(8-7-13-11-15(24)17(30-5)12-14(13)23)27(9-10-28(18)19)21(29)31-22(2,3)4/h11-12,16H,6-10H2,1-5H3. The normalized spacial score (nSPS) is 16.3. The lowest BCUT2D eigenvalue weighted by Crippen LogP contribution is -2.45. The van der Waals surface area contributed by atoms with Crippen LogP contribution in [0.25, 0.3) is 0 Å². The Labute approximate surface area is 195 Å². The van der Waals surface area contributed by atoms with Crippen molar-refractivity contribution in [2.45, 2.75) is 65.1 Å². The molecule has 1 aliphatic heterocycles. The molecule has 3 rings (SSSR count). The Bertz CT molecular complexity index is 972. The number of aryl methyl sites for hydroxylation is 2. The molecule has 0 fully saturated rings. The number of nitrogens with zero attached hydrogens (tertiary/aromatic N) is 3. The zero-order valence-corrected chi connectivity index (χ0v) is 20.6. The fraction of sp³-hybridized carbons (Fsp3) is 0.545. The third-order valence-electron chi connectivity index (χ3n) is 5.25. The molecule has 1 aliphatic rings. The number of carbonyl (C=O) groups is 1. The number of rotatable bonds is 5. The van der Waals surface area contributed by atoms with Crippen molar-refractivity contribution >= 4 is 28.7 Å². The van der Waals surface area contributed by atoms with E-state index in [1.807, 2.05) is 27.7 Å². The van der Waals surface area contributed by atoms with E-state index in [0.29, 0.717) is 19.5 Å². The molecule has 1 aromatic heterocycles. The van der Waals surface area contributed by atoms with Gasteiger partial charge in [0.2, 0.25) is 0 Å². The van der Waals surface area contributed by atoms with Gasteiger partial charge in [0.15, 0.2) is 11.6 Å². The molecular weight excluding hydrogens is 519 g/mol. The van der Waals surface area contributed by atoms with Crippen LogP contribution in [0.3, 0.4) is 0 Å². The zero-order valence-electron chi connectivity index (χ0n) is 18.5. The van der Waals surface area contributed by atoms with Gasteiger partial charge in [0, 0.05) is 25.6 Å². The number of hydrogen-bond donors (Lipinski definition) is 0. The minimum atomic E-state index is -0.633. The van der Waals surface area contributed by atoms with E-state index in [0.717, 1.165) is 33.8 Å². The Morgan fingerprint density at radius 1 is 1.26 bits per heavy atom. The summed E-state index contributed by atoms with van der Waals surface area (Å²) in [7, 11) is 1.30. The summed E-state index contributed by atoms with van der Waals surface area (Å²) in [5.74, 6) is -0.320. The highest BCUT2D eigenvalue weighted by Gasteiger charge is 2.37. The van der Waals surface area contributed by atoms with E-state index >= 15 is 0 Å². The highest BCUT2D eigenvalue weighted by molar-refractivity contribution is 14.1. The molecule has 0 saturated heterocycles. The van der Waals surface area contributed by atoms with E-state index in [9.17, 15) is 13.6 Å². The molecule has 1 unspecified atom stereocenters. The van der Waals surface area contributed by atoms with Gasteiger partial charge >= 0.3 is 6.09 Å². The fourth-order valence-electron chi connectivity index (χ4n) is 3.87. The number of imidazole rings is 1. The predicted molar refractivity (Wildman–Crippen MR) is 121 cm³/mol. The quantitative estimate of drug-likeness (QED) is 0.480. The van der Waals surface area contributed by atoms with Crippen LogP contribution in [0.5, 0.6) is 5.75 Å². The molecule has 0 bridgehead atoms. The summed E-state index contributed by atoms with van der Waals surface area (Å²) >= 11 is 2.18. The molecule has 0 saturated carbocycles. The number of methoxy groups -OCH3 is 1. The van der Waals surface area contributed by atoms with Gasteiger partial charge in [-0.15, -0.1) is 0 Å². The number of carbonyl (C=O) groups excluding carboxylic acids is 1. The molecule has 6 nitrogen and oxygen atoms in total. The van der Waals surface area contributed by atoms with Crippen molar-refractivity contribution in [1.82, 2.24) is 14.5 Å². The van der Waals surface area contributed by atoms with Crippen molar-refractivity contribution in [3.8, 4) is 5.75 Å². The van der Waals surface area contributed by atoms with Crippen LogP contribution in [0, 0.1) is 15.3 Å². The van der Waals surface area contributed by atoms with E-state index in [1.165, 1.54) is 7.11 Å².